The summed E-state index contributed by atoms with van der Waals surface area (Å²) >= 11 is 0.935. The zero-order valence-corrected chi connectivity index (χ0v) is 9.43. The molecule has 1 atom stereocenters. The normalized spacial score (nSPS) is 14.7. The highest BCUT2D eigenvalue weighted by molar-refractivity contribution is 7.52. The van der Waals surface area contributed by atoms with Crippen LogP contribution in [0.25, 0.3) is 0 Å². The van der Waals surface area contributed by atoms with Crippen molar-refractivity contribution in [2.75, 3.05) is 0 Å². The highest BCUT2D eigenvalue weighted by Crippen LogP contribution is 2.53. The maximum atomic E-state index is 13.1. The predicted octanol–water partition coefficient (Wildman–Crippen LogP) is 2.41. The first-order valence-corrected chi connectivity index (χ1v) is 6.53. The first-order valence-electron chi connectivity index (χ1n) is 3.97. The molecule has 14 heavy (non-hydrogen) atoms. The van der Waals surface area contributed by atoms with Gasteiger partial charge in [0.15, 0.2) is 0 Å². The fourth-order valence-corrected chi connectivity index (χ4v) is 2.60. The van der Waals surface area contributed by atoms with E-state index in [1.165, 1.54) is 0 Å². The quantitative estimate of drug-likeness (QED) is 0.794. The molecule has 80 valence electrons. The second-order valence-corrected chi connectivity index (χ2v) is 5.71. The van der Waals surface area contributed by atoms with Crippen molar-refractivity contribution in [1.82, 2.24) is 4.98 Å². The number of hydrogen-bond donors (Lipinski definition) is 2. The lowest BCUT2D eigenvalue weighted by molar-refractivity contribution is 0.302. The molecule has 4 nitrogen and oxygen atoms in total. The smallest absolute Gasteiger partial charge is 0.322 e. The highest BCUT2D eigenvalue weighted by atomic mass is 32.1. The highest BCUT2D eigenvalue weighted by Gasteiger charge is 2.33. The Labute approximate surface area is 85.0 Å². The van der Waals surface area contributed by atoms with Crippen LogP contribution < -0.4 is 0 Å². The van der Waals surface area contributed by atoms with Gasteiger partial charge in [-0.15, -0.1) is 11.3 Å². The van der Waals surface area contributed by atoms with Crippen molar-refractivity contribution in [3.63, 3.8) is 0 Å². The minimum absolute atomic E-state index is 0.129. The lowest BCUT2D eigenvalue weighted by Crippen LogP contribution is -1.94. The third-order valence-corrected chi connectivity index (χ3v) is 3.54. The monoisotopic (exact) mass is 239 g/mol. The molecule has 0 saturated heterocycles. The fraction of sp³-hybridized carbons (Fsp3) is 0.571. The first-order chi connectivity index (χ1) is 6.32. The van der Waals surface area contributed by atoms with Crippen molar-refractivity contribution < 1.29 is 18.7 Å². The average Bonchev–Trinajstić information content (AvgIpc) is 2.48. The van der Waals surface area contributed by atoms with Gasteiger partial charge in [-0.05, 0) is 5.92 Å². The molecule has 2 N–H and O–H groups in total. The summed E-state index contributed by atoms with van der Waals surface area (Å²) in [5, 5.41) is 1.46. The van der Waals surface area contributed by atoms with Crippen LogP contribution in [-0.2, 0) is 4.57 Å². The molecule has 0 aliphatic rings. The maximum Gasteiger partial charge on any atom is 0.366 e. The van der Waals surface area contributed by atoms with Crippen molar-refractivity contribution >= 4 is 18.9 Å². The van der Waals surface area contributed by atoms with Crippen LogP contribution in [0.5, 0.6) is 0 Å². The molecule has 1 aromatic rings. The van der Waals surface area contributed by atoms with Crippen molar-refractivity contribution in [3.8, 4) is 0 Å². The molecule has 7 heteroatoms. The molecule has 0 radical (unpaired) electrons. The summed E-state index contributed by atoms with van der Waals surface area (Å²) in [6.07, 6.45) is 0. The topological polar surface area (TPSA) is 70.4 Å². The molecule has 0 spiro atoms. The number of aromatic nitrogens is 1. The summed E-state index contributed by atoms with van der Waals surface area (Å²) in [7, 11) is -4.71. The van der Waals surface area contributed by atoms with Gasteiger partial charge in [0.2, 0.25) is 0 Å². The van der Waals surface area contributed by atoms with Crippen LogP contribution in [0.1, 0.15) is 36.4 Å². The van der Waals surface area contributed by atoms with Crippen LogP contribution >= 0.6 is 18.9 Å². The Hall–Kier alpha value is -0.290. The lowest BCUT2D eigenvalue weighted by atomic mass is 10.2. The molecule has 0 amide bonds. The van der Waals surface area contributed by atoms with Crippen LogP contribution in [-0.4, -0.2) is 14.8 Å². The lowest BCUT2D eigenvalue weighted by Gasteiger charge is -2.06. The molecule has 0 aromatic carbocycles. The molecule has 0 fully saturated rings. The molecule has 0 aliphatic heterocycles. The summed E-state index contributed by atoms with van der Waals surface area (Å²) in [5.74, 6) is -2.16. The summed E-state index contributed by atoms with van der Waals surface area (Å²) in [6.45, 7) is 3.76. The Kier molecular flexibility index (Phi) is 3.42. The van der Waals surface area contributed by atoms with Crippen LogP contribution in [0.2, 0.25) is 0 Å². The number of hydrogen-bond acceptors (Lipinski definition) is 3. The molecule has 0 aliphatic carbocycles. The van der Waals surface area contributed by atoms with E-state index in [0.717, 1.165) is 11.3 Å². The standard InChI is InChI=1S/C7H11FNO3PS/c1-4(2)5-3-14-7(9-5)6(8)13(10,11)12/h3-4,6H,1-2H3,(H2,10,11,12). The second-order valence-electron chi connectivity index (χ2n) is 3.19. The number of nitrogens with zero attached hydrogens (tertiary/aromatic N) is 1. The largest absolute Gasteiger partial charge is 0.366 e. The molecule has 0 bridgehead atoms. The summed E-state index contributed by atoms with van der Waals surface area (Å²) in [6, 6.07) is 0. The first kappa shape index (κ1) is 11.8. The Morgan fingerprint density at radius 2 is 2.14 bits per heavy atom. The van der Waals surface area contributed by atoms with Crippen molar-refractivity contribution in [2.45, 2.75) is 25.7 Å². The number of alkyl halides is 1. The number of rotatable bonds is 3. The Balaban J connectivity index is 2.93. The number of thiazole rings is 1. The molecular formula is C7H11FNO3PS. The van der Waals surface area contributed by atoms with Gasteiger partial charge in [0.1, 0.15) is 5.01 Å². The maximum absolute atomic E-state index is 13.1. The van der Waals surface area contributed by atoms with Gasteiger partial charge < -0.3 is 9.79 Å². The zero-order valence-electron chi connectivity index (χ0n) is 7.72. The zero-order chi connectivity index (χ0) is 10.9. The summed E-state index contributed by atoms with van der Waals surface area (Å²) in [5.41, 5.74) is 0.654. The molecule has 1 unspecified atom stereocenters. The molecular weight excluding hydrogens is 228 g/mol. The Morgan fingerprint density at radius 1 is 1.57 bits per heavy atom. The molecule has 1 heterocycles. The van der Waals surface area contributed by atoms with E-state index in [1.807, 2.05) is 13.8 Å². The van der Waals surface area contributed by atoms with Crippen LogP contribution in [0.15, 0.2) is 5.38 Å². The van der Waals surface area contributed by atoms with E-state index >= 15 is 0 Å². The van der Waals surface area contributed by atoms with E-state index in [9.17, 15) is 8.96 Å². The SMILES string of the molecule is CC(C)c1csc(C(F)P(=O)(O)O)n1. The second kappa shape index (κ2) is 4.06. The Bertz CT molecular complexity index is 362. The summed E-state index contributed by atoms with van der Waals surface area (Å²) < 4.78 is 23.7. The average molecular weight is 239 g/mol. The summed E-state index contributed by atoms with van der Waals surface area (Å²) in [4.78, 5) is 21.0. The van der Waals surface area contributed by atoms with Gasteiger partial charge in [-0.25, -0.2) is 9.37 Å². The van der Waals surface area contributed by atoms with Crippen molar-refractivity contribution in [1.29, 1.82) is 0 Å². The molecule has 1 aromatic heterocycles. The van der Waals surface area contributed by atoms with E-state index in [1.54, 1.807) is 5.38 Å². The van der Waals surface area contributed by atoms with Crippen molar-refractivity contribution in [2.24, 2.45) is 0 Å². The van der Waals surface area contributed by atoms with E-state index < -0.39 is 13.5 Å². The van der Waals surface area contributed by atoms with Gasteiger partial charge in [0.25, 0.3) is 5.91 Å². The van der Waals surface area contributed by atoms with Crippen molar-refractivity contribution in [3.05, 3.63) is 16.1 Å². The third-order valence-electron chi connectivity index (χ3n) is 1.63. The van der Waals surface area contributed by atoms with Gasteiger partial charge >= 0.3 is 7.60 Å². The van der Waals surface area contributed by atoms with Gasteiger partial charge in [-0.2, -0.15) is 0 Å². The van der Waals surface area contributed by atoms with Gasteiger partial charge in [0, 0.05) is 5.38 Å². The third kappa shape index (κ3) is 2.60. The van der Waals surface area contributed by atoms with Gasteiger partial charge in [-0.3, -0.25) is 4.57 Å². The molecule has 1 rings (SSSR count). The van der Waals surface area contributed by atoms with Crippen LogP contribution in [0.4, 0.5) is 4.39 Å². The Morgan fingerprint density at radius 3 is 2.50 bits per heavy atom. The van der Waals surface area contributed by atoms with Crippen LogP contribution in [0, 0.1) is 0 Å². The van der Waals surface area contributed by atoms with Gasteiger partial charge in [-0.1, -0.05) is 13.8 Å². The fourth-order valence-electron chi connectivity index (χ4n) is 0.819. The van der Waals surface area contributed by atoms with E-state index in [-0.39, 0.29) is 10.9 Å². The minimum atomic E-state index is -4.71. The van der Waals surface area contributed by atoms with E-state index in [4.69, 9.17) is 9.79 Å². The van der Waals surface area contributed by atoms with Gasteiger partial charge in [0.05, 0.1) is 5.69 Å². The minimum Gasteiger partial charge on any atom is -0.322 e. The van der Waals surface area contributed by atoms with E-state index in [2.05, 4.69) is 4.98 Å². The molecule has 0 saturated carbocycles. The predicted molar refractivity (Wildman–Crippen MR) is 52.1 cm³/mol. The van der Waals surface area contributed by atoms with Crippen LogP contribution in [0.3, 0.4) is 0 Å². The number of halogens is 1. The van der Waals surface area contributed by atoms with E-state index in [0.29, 0.717) is 5.69 Å².